The second-order valence-electron chi connectivity index (χ2n) is 12.5. The fraction of sp³-hybridized carbons (Fsp3) is 0.545. The Balaban J connectivity index is 2.62. The van der Waals surface area contributed by atoms with Crippen molar-refractivity contribution in [1.29, 1.82) is 0 Å². The first-order valence-electron chi connectivity index (χ1n) is 14.4. The second kappa shape index (κ2) is 14.3. The van der Waals surface area contributed by atoms with E-state index in [1.807, 2.05) is 83.1 Å². The normalized spacial score (nSPS) is 13.2. The molecule has 220 valence electrons. The fourth-order valence-electron chi connectivity index (χ4n) is 4.83. The van der Waals surface area contributed by atoms with Crippen LogP contribution in [0.15, 0.2) is 48.5 Å². The van der Waals surface area contributed by atoms with E-state index in [9.17, 15) is 14.4 Å². The Morgan fingerprint density at radius 3 is 2.00 bits per heavy atom. The molecule has 7 nitrogen and oxygen atoms in total. The number of nitrogens with zero attached hydrogens (tertiary/aromatic N) is 1. The lowest BCUT2D eigenvalue weighted by Crippen LogP contribution is -2.59. The first-order chi connectivity index (χ1) is 18.7. The van der Waals surface area contributed by atoms with Gasteiger partial charge in [-0.05, 0) is 84.1 Å². The summed E-state index contributed by atoms with van der Waals surface area (Å²) in [6.45, 7) is 17.7. The lowest BCUT2D eigenvalue weighted by Gasteiger charge is -2.43. The minimum absolute atomic E-state index is 0.229. The lowest BCUT2D eigenvalue weighted by atomic mass is 9.89. The molecule has 2 N–H and O–H groups in total. The van der Waals surface area contributed by atoms with Crippen molar-refractivity contribution in [3.8, 4) is 0 Å². The monoisotopic (exact) mass is 551 g/mol. The number of unbranched alkanes of at least 4 members (excludes halogenated alkanes) is 2. The number of rotatable bonds is 11. The summed E-state index contributed by atoms with van der Waals surface area (Å²) in [5.74, 6) is -0.578. The standard InChI is InChI=1S/C33H49N3O4/c1-10-11-15-21-34-29(37)28(27-23(2)17-16-18-24(27)3)36(32(4,5)6)30(38)26(22-25-19-13-12-14-20-25)35-31(39)40-33(7,8)9/h12-14,16-20,26,28H,10-11,15,21-22H2,1-9H3,(H,34,37)(H,35,39). The molecule has 7 heteroatoms. The number of carbonyl (C=O) groups excluding carboxylic acids is 3. The van der Waals surface area contributed by atoms with E-state index in [1.54, 1.807) is 25.7 Å². The largest absolute Gasteiger partial charge is 0.444 e. The van der Waals surface area contributed by atoms with Gasteiger partial charge < -0.3 is 20.3 Å². The van der Waals surface area contributed by atoms with Crippen LogP contribution in [0.3, 0.4) is 0 Å². The molecule has 2 aromatic rings. The van der Waals surface area contributed by atoms with Crippen LogP contribution in [0.5, 0.6) is 0 Å². The Hall–Kier alpha value is -3.35. The summed E-state index contributed by atoms with van der Waals surface area (Å²) in [6, 6.07) is 13.6. The zero-order valence-corrected chi connectivity index (χ0v) is 25.9. The highest BCUT2D eigenvalue weighted by atomic mass is 16.6. The predicted octanol–water partition coefficient (Wildman–Crippen LogP) is 6.41. The van der Waals surface area contributed by atoms with Gasteiger partial charge in [0, 0.05) is 18.5 Å². The number of aryl methyl sites for hydroxylation is 2. The maximum absolute atomic E-state index is 14.6. The first kappa shape index (κ1) is 32.9. The number of nitrogens with one attached hydrogen (secondary N) is 2. The molecule has 0 bridgehead atoms. The van der Waals surface area contributed by atoms with Crippen LogP contribution in [-0.4, -0.2) is 46.5 Å². The molecule has 0 fully saturated rings. The molecular weight excluding hydrogens is 502 g/mol. The Morgan fingerprint density at radius 2 is 1.48 bits per heavy atom. The molecular formula is C33H49N3O4. The molecule has 0 saturated heterocycles. The number of benzene rings is 2. The van der Waals surface area contributed by atoms with Gasteiger partial charge >= 0.3 is 6.09 Å². The van der Waals surface area contributed by atoms with Gasteiger partial charge in [0.25, 0.3) is 0 Å². The van der Waals surface area contributed by atoms with Gasteiger partial charge in [0.1, 0.15) is 17.7 Å². The quantitative estimate of drug-likeness (QED) is 0.316. The molecule has 0 spiro atoms. The third-order valence-corrected chi connectivity index (χ3v) is 6.63. The highest BCUT2D eigenvalue weighted by molar-refractivity contribution is 5.93. The SMILES string of the molecule is CCCCCNC(=O)C(c1c(C)cccc1C)N(C(=O)C(Cc1ccccc1)NC(=O)OC(C)(C)C)C(C)(C)C. The van der Waals surface area contributed by atoms with Crippen molar-refractivity contribution in [3.63, 3.8) is 0 Å². The summed E-state index contributed by atoms with van der Waals surface area (Å²) in [5.41, 5.74) is 2.06. The zero-order chi connectivity index (χ0) is 30.1. The number of hydrogen-bond acceptors (Lipinski definition) is 4. The Morgan fingerprint density at radius 1 is 0.875 bits per heavy atom. The molecule has 0 aliphatic rings. The maximum Gasteiger partial charge on any atom is 0.408 e. The van der Waals surface area contributed by atoms with Crippen LogP contribution in [0, 0.1) is 13.8 Å². The van der Waals surface area contributed by atoms with Crippen LogP contribution < -0.4 is 10.6 Å². The smallest absolute Gasteiger partial charge is 0.408 e. The van der Waals surface area contributed by atoms with Crippen LogP contribution in [-0.2, 0) is 20.7 Å². The van der Waals surface area contributed by atoms with E-state index >= 15 is 0 Å². The molecule has 0 heterocycles. The highest BCUT2D eigenvalue weighted by Crippen LogP contribution is 2.34. The summed E-state index contributed by atoms with van der Waals surface area (Å²) in [6.07, 6.45) is 2.49. The predicted molar refractivity (Wildman–Crippen MR) is 161 cm³/mol. The minimum Gasteiger partial charge on any atom is -0.444 e. The van der Waals surface area contributed by atoms with Crippen molar-refractivity contribution in [3.05, 3.63) is 70.8 Å². The third kappa shape index (κ3) is 9.68. The van der Waals surface area contributed by atoms with Gasteiger partial charge in [0.2, 0.25) is 11.8 Å². The van der Waals surface area contributed by atoms with Gasteiger partial charge in [-0.2, -0.15) is 0 Å². The fourth-order valence-corrected chi connectivity index (χ4v) is 4.83. The number of carbonyl (C=O) groups is 3. The molecule has 2 aromatic carbocycles. The van der Waals surface area contributed by atoms with Crippen molar-refractivity contribution in [2.45, 2.75) is 111 Å². The Kier molecular flexibility index (Phi) is 11.8. The average molecular weight is 552 g/mol. The van der Waals surface area contributed by atoms with Crippen molar-refractivity contribution >= 4 is 17.9 Å². The number of amides is 3. The molecule has 40 heavy (non-hydrogen) atoms. The lowest BCUT2D eigenvalue weighted by molar-refractivity contribution is -0.148. The Labute approximate surface area is 241 Å². The van der Waals surface area contributed by atoms with Crippen LogP contribution in [0.1, 0.15) is 96.0 Å². The zero-order valence-electron chi connectivity index (χ0n) is 25.9. The molecule has 0 radical (unpaired) electrons. The van der Waals surface area contributed by atoms with Crippen LogP contribution in [0.25, 0.3) is 0 Å². The minimum atomic E-state index is -0.948. The summed E-state index contributed by atoms with van der Waals surface area (Å²) in [7, 11) is 0. The van der Waals surface area contributed by atoms with E-state index in [0.29, 0.717) is 6.54 Å². The van der Waals surface area contributed by atoms with E-state index in [1.165, 1.54) is 0 Å². The van der Waals surface area contributed by atoms with E-state index in [2.05, 4.69) is 17.6 Å². The molecule has 0 aromatic heterocycles. The molecule has 2 unspecified atom stereocenters. The van der Waals surface area contributed by atoms with Crippen molar-refractivity contribution in [2.75, 3.05) is 6.54 Å². The van der Waals surface area contributed by atoms with Gasteiger partial charge in [-0.3, -0.25) is 9.59 Å². The summed E-state index contributed by atoms with van der Waals surface area (Å²) < 4.78 is 5.53. The Bertz CT molecular complexity index is 1110. The van der Waals surface area contributed by atoms with E-state index in [0.717, 1.165) is 41.5 Å². The summed E-state index contributed by atoms with van der Waals surface area (Å²) >= 11 is 0. The van der Waals surface area contributed by atoms with Gasteiger partial charge in [-0.25, -0.2) is 4.79 Å². The number of alkyl carbamates (subject to hydrolysis) is 1. The van der Waals surface area contributed by atoms with Crippen molar-refractivity contribution in [1.82, 2.24) is 15.5 Å². The van der Waals surface area contributed by atoms with Gasteiger partial charge in [-0.1, -0.05) is 68.3 Å². The molecule has 0 aliphatic heterocycles. The summed E-state index contributed by atoms with van der Waals surface area (Å²) in [5, 5.41) is 5.92. The molecule has 0 saturated carbocycles. The number of ether oxygens (including phenoxy) is 1. The van der Waals surface area contributed by atoms with Crippen LogP contribution in [0.2, 0.25) is 0 Å². The van der Waals surface area contributed by atoms with Gasteiger partial charge in [0.05, 0.1) is 0 Å². The van der Waals surface area contributed by atoms with Crippen LogP contribution >= 0.6 is 0 Å². The first-order valence-corrected chi connectivity index (χ1v) is 14.4. The molecule has 2 rings (SSSR count). The van der Waals surface area contributed by atoms with Gasteiger partial charge in [0.15, 0.2) is 0 Å². The summed E-state index contributed by atoms with van der Waals surface area (Å²) in [4.78, 5) is 43.1. The van der Waals surface area contributed by atoms with Crippen molar-refractivity contribution < 1.29 is 19.1 Å². The number of hydrogen-bond donors (Lipinski definition) is 2. The van der Waals surface area contributed by atoms with E-state index in [4.69, 9.17) is 4.74 Å². The highest BCUT2D eigenvalue weighted by Gasteiger charge is 2.42. The molecule has 2 atom stereocenters. The van der Waals surface area contributed by atoms with E-state index < -0.39 is 29.3 Å². The van der Waals surface area contributed by atoms with Crippen LogP contribution in [0.4, 0.5) is 4.79 Å². The maximum atomic E-state index is 14.6. The third-order valence-electron chi connectivity index (χ3n) is 6.63. The van der Waals surface area contributed by atoms with Crippen molar-refractivity contribution in [2.24, 2.45) is 0 Å². The topological polar surface area (TPSA) is 87.7 Å². The molecule has 3 amide bonds. The van der Waals surface area contributed by atoms with Gasteiger partial charge in [-0.15, -0.1) is 0 Å². The second-order valence-corrected chi connectivity index (χ2v) is 12.5. The van der Waals surface area contributed by atoms with E-state index in [-0.39, 0.29) is 18.2 Å². The average Bonchev–Trinajstić information content (AvgIpc) is 2.84. The molecule has 0 aliphatic carbocycles.